The smallest absolute Gasteiger partial charge is 0.406 e. The highest BCUT2D eigenvalue weighted by Gasteiger charge is 2.30. The molecular weight excluding hydrogens is 512 g/mol. The Morgan fingerprint density at radius 2 is 1.87 bits per heavy atom. The van der Waals surface area contributed by atoms with Crippen molar-refractivity contribution in [1.29, 1.82) is 0 Å². The summed E-state index contributed by atoms with van der Waals surface area (Å²) in [5, 5.41) is 7.19. The largest absolute Gasteiger partial charge is 0.573 e. The fourth-order valence-corrected chi connectivity index (χ4v) is 2.60. The first kappa shape index (κ1) is 23.4. The van der Waals surface area contributed by atoms with E-state index in [9.17, 15) is 13.2 Å². The number of hydrogen-bond acceptors (Lipinski definition) is 4. The number of anilines is 1. The summed E-state index contributed by atoms with van der Waals surface area (Å²) in [5.74, 6) is 0.514. The first-order valence-corrected chi connectivity index (χ1v) is 8.61. The Bertz CT molecular complexity index is 1000. The van der Waals surface area contributed by atoms with Crippen LogP contribution in [-0.2, 0) is 6.54 Å². The quantitative estimate of drug-likeness (QED) is 0.290. The minimum Gasteiger partial charge on any atom is -0.406 e. The summed E-state index contributed by atoms with van der Waals surface area (Å²) in [6, 6.07) is 10.9. The fraction of sp³-hybridized carbons (Fsp3) is 0.211. The van der Waals surface area contributed by atoms with E-state index >= 15 is 0 Å². The van der Waals surface area contributed by atoms with Gasteiger partial charge >= 0.3 is 6.36 Å². The summed E-state index contributed by atoms with van der Waals surface area (Å²) in [4.78, 5) is 8.59. The molecule has 0 aliphatic rings. The molecule has 3 aromatic rings. The number of guanidine groups is 1. The van der Waals surface area contributed by atoms with Gasteiger partial charge in [-0.15, -0.1) is 37.1 Å². The molecule has 0 bridgehead atoms. The van der Waals surface area contributed by atoms with Crippen LogP contribution < -0.4 is 15.8 Å². The Labute approximate surface area is 188 Å². The molecule has 0 aliphatic heterocycles. The van der Waals surface area contributed by atoms with Gasteiger partial charge in [0, 0.05) is 17.6 Å². The molecule has 0 amide bonds. The van der Waals surface area contributed by atoms with Gasteiger partial charge in [0.2, 0.25) is 0 Å². The van der Waals surface area contributed by atoms with Crippen LogP contribution in [0.4, 0.5) is 18.9 Å². The molecule has 2 heterocycles. The second kappa shape index (κ2) is 9.78. The number of hydrogen-bond donors (Lipinski definition) is 2. The number of halogens is 4. The van der Waals surface area contributed by atoms with E-state index in [0.29, 0.717) is 18.1 Å². The summed E-state index contributed by atoms with van der Waals surface area (Å²) in [6.45, 7) is 4.16. The molecular formula is C19H20F3IN6O. The van der Waals surface area contributed by atoms with Gasteiger partial charge in [0.15, 0.2) is 11.8 Å². The number of aryl methyl sites for hydroxylation is 2. The van der Waals surface area contributed by atoms with Crippen molar-refractivity contribution in [2.24, 2.45) is 10.7 Å². The van der Waals surface area contributed by atoms with Crippen LogP contribution >= 0.6 is 24.0 Å². The standard InChI is InChI=1S/C19H19F3N6O.HI/c1-12-9-13(2)28(27-12)17-8-3-14(10-24-17)11-25-18(23)26-15-4-6-16(7-5-15)29-19(20,21)22;/h3-10H,11H2,1-2H3,(H3,23,25,26);1H. The topological polar surface area (TPSA) is 90.4 Å². The highest BCUT2D eigenvalue weighted by atomic mass is 127. The van der Waals surface area contributed by atoms with Crippen LogP contribution in [0.5, 0.6) is 5.75 Å². The highest BCUT2D eigenvalue weighted by molar-refractivity contribution is 14.0. The molecule has 0 radical (unpaired) electrons. The monoisotopic (exact) mass is 532 g/mol. The number of nitrogens with zero attached hydrogens (tertiary/aromatic N) is 4. The summed E-state index contributed by atoms with van der Waals surface area (Å²) in [5.41, 5.74) is 9.06. The molecule has 0 fully saturated rings. The van der Waals surface area contributed by atoms with Crippen LogP contribution in [0.3, 0.4) is 0 Å². The van der Waals surface area contributed by atoms with E-state index in [1.165, 1.54) is 24.3 Å². The maximum absolute atomic E-state index is 12.2. The lowest BCUT2D eigenvalue weighted by molar-refractivity contribution is -0.274. The Morgan fingerprint density at radius 3 is 2.40 bits per heavy atom. The molecule has 11 heteroatoms. The van der Waals surface area contributed by atoms with E-state index in [-0.39, 0.29) is 35.7 Å². The molecule has 3 N–H and O–H groups in total. The highest BCUT2D eigenvalue weighted by Crippen LogP contribution is 2.23. The number of aliphatic imine (C=N–C) groups is 1. The Hall–Kier alpha value is -2.83. The average molecular weight is 532 g/mol. The van der Waals surface area contributed by atoms with Crippen LogP contribution in [0, 0.1) is 13.8 Å². The van der Waals surface area contributed by atoms with Gasteiger partial charge in [-0.25, -0.2) is 14.7 Å². The molecule has 0 saturated carbocycles. The predicted molar refractivity (Wildman–Crippen MR) is 118 cm³/mol. The minimum absolute atomic E-state index is 0. The number of rotatable bonds is 5. The van der Waals surface area contributed by atoms with E-state index in [4.69, 9.17) is 5.73 Å². The van der Waals surface area contributed by atoms with Crippen molar-refractivity contribution in [2.45, 2.75) is 26.8 Å². The van der Waals surface area contributed by atoms with Crippen molar-refractivity contribution in [2.75, 3.05) is 5.32 Å². The Morgan fingerprint density at radius 1 is 1.17 bits per heavy atom. The van der Waals surface area contributed by atoms with Gasteiger partial charge in [0.1, 0.15) is 5.75 Å². The minimum atomic E-state index is -4.73. The van der Waals surface area contributed by atoms with Crippen molar-refractivity contribution >= 4 is 35.6 Å². The molecule has 3 rings (SSSR count). The summed E-state index contributed by atoms with van der Waals surface area (Å²) >= 11 is 0. The molecule has 30 heavy (non-hydrogen) atoms. The van der Waals surface area contributed by atoms with Gasteiger partial charge in [-0.3, -0.25) is 0 Å². The maximum Gasteiger partial charge on any atom is 0.573 e. The van der Waals surface area contributed by atoms with Gasteiger partial charge < -0.3 is 15.8 Å². The van der Waals surface area contributed by atoms with Gasteiger partial charge in [-0.2, -0.15) is 5.10 Å². The molecule has 0 aliphatic carbocycles. The molecule has 0 atom stereocenters. The zero-order chi connectivity index (χ0) is 21.0. The molecule has 7 nitrogen and oxygen atoms in total. The molecule has 2 aromatic heterocycles. The van der Waals surface area contributed by atoms with Crippen molar-refractivity contribution in [3.63, 3.8) is 0 Å². The summed E-state index contributed by atoms with van der Waals surface area (Å²) in [6.07, 6.45) is -3.04. The lowest BCUT2D eigenvalue weighted by atomic mass is 10.3. The fourth-order valence-electron chi connectivity index (χ4n) is 2.60. The van der Waals surface area contributed by atoms with Gasteiger partial charge in [0.05, 0.1) is 12.2 Å². The van der Waals surface area contributed by atoms with E-state index in [1.54, 1.807) is 10.9 Å². The number of alkyl halides is 3. The summed E-state index contributed by atoms with van der Waals surface area (Å²) in [7, 11) is 0. The van der Waals surface area contributed by atoms with Crippen LogP contribution in [0.2, 0.25) is 0 Å². The van der Waals surface area contributed by atoms with Crippen LogP contribution in [0.25, 0.3) is 5.82 Å². The Kier molecular flexibility index (Phi) is 7.65. The van der Waals surface area contributed by atoms with Gasteiger partial charge in [-0.1, -0.05) is 6.07 Å². The van der Waals surface area contributed by atoms with E-state index in [2.05, 4.69) is 25.1 Å². The number of nitrogens with two attached hydrogens (primary N) is 1. The average Bonchev–Trinajstić information content (AvgIpc) is 2.99. The van der Waals surface area contributed by atoms with Crippen LogP contribution in [0.1, 0.15) is 17.0 Å². The number of pyridine rings is 1. The normalized spacial score (nSPS) is 11.7. The second-order valence-electron chi connectivity index (χ2n) is 6.26. The van der Waals surface area contributed by atoms with Gasteiger partial charge in [0.25, 0.3) is 0 Å². The third-order valence-corrected chi connectivity index (χ3v) is 3.83. The third-order valence-electron chi connectivity index (χ3n) is 3.83. The lowest BCUT2D eigenvalue weighted by Gasteiger charge is -2.10. The zero-order valence-electron chi connectivity index (χ0n) is 16.1. The first-order valence-electron chi connectivity index (χ1n) is 8.61. The van der Waals surface area contributed by atoms with E-state index in [1.807, 2.05) is 32.0 Å². The maximum atomic E-state index is 12.2. The van der Waals surface area contributed by atoms with Crippen molar-refractivity contribution in [1.82, 2.24) is 14.8 Å². The predicted octanol–water partition coefficient (Wildman–Crippen LogP) is 4.33. The molecule has 160 valence electrons. The van der Waals surface area contributed by atoms with Crippen molar-refractivity contribution in [3.05, 3.63) is 65.6 Å². The lowest BCUT2D eigenvalue weighted by Crippen LogP contribution is -2.22. The zero-order valence-corrected chi connectivity index (χ0v) is 18.5. The third kappa shape index (κ3) is 6.61. The first-order chi connectivity index (χ1) is 13.7. The number of ether oxygens (including phenoxy) is 1. The SMILES string of the molecule is Cc1cc(C)n(-c2ccc(CN=C(N)Nc3ccc(OC(F)(F)F)cc3)cn2)n1.I. The number of nitrogens with one attached hydrogen (secondary N) is 1. The molecule has 0 saturated heterocycles. The van der Waals surface area contributed by atoms with Crippen LogP contribution in [-0.4, -0.2) is 27.1 Å². The number of benzene rings is 1. The summed E-state index contributed by atoms with van der Waals surface area (Å²) < 4.78 is 42.1. The second-order valence-corrected chi connectivity index (χ2v) is 6.26. The molecule has 0 unspecified atom stereocenters. The Balaban J connectivity index is 0.00000320. The molecule has 1 aromatic carbocycles. The van der Waals surface area contributed by atoms with Gasteiger partial charge in [-0.05, 0) is 55.8 Å². The van der Waals surface area contributed by atoms with E-state index < -0.39 is 6.36 Å². The number of aromatic nitrogens is 3. The van der Waals surface area contributed by atoms with Crippen molar-refractivity contribution in [3.8, 4) is 11.6 Å². The van der Waals surface area contributed by atoms with Crippen LogP contribution in [0.15, 0.2) is 53.7 Å². The van der Waals surface area contributed by atoms with E-state index in [0.717, 1.165) is 17.0 Å². The molecule has 0 spiro atoms. The van der Waals surface area contributed by atoms with Crippen molar-refractivity contribution < 1.29 is 17.9 Å².